The molecule has 2 aromatic rings. The molecule has 0 radical (unpaired) electrons. The van der Waals surface area contributed by atoms with Gasteiger partial charge < -0.3 is 14.8 Å². The van der Waals surface area contributed by atoms with Gasteiger partial charge in [-0.15, -0.1) is 12.4 Å². The summed E-state index contributed by atoms with van der Waals surface area (Å²) in [4.78, 5) is 0. The van der Waals surface area contributed by atoms with E-state index in [2.05, 4.69) is 11.4 Å². The van der Waals surface area contributed by atoms with Gasteiger partial charge in [-0.25, -0.2) is 0 Å². The van der Waals surface area contributed by atoms with Crippen molar-refractivity contribution in [1.29, 1.82) is 5.26 Å². The predicted octanol–water partition coefficient (Wildman–Crippen LogP) is 3.29. The molecule has 0 saturated heterocycles. The van der Waals surface area contributed by atoms with Crippen LogP contribution >= 0.6 is 12.4 Å². The Hall–Kier alpha value is -2.22. The second kappa shape index (κ2) is 8.93. The molecule has 22 heavy (non-hydrogen) atoms. The van der Waals surface area contributed by atoms with Crippen molar-refractivity contribution in [3.8, 4) is 17.6 Å². The molecule has 2 aromatic carbocycles. The highest BCUT2D eigenvalue weighted by Crippen LogP contribution is 2.23. The van der Waals surface area contributed by atoms with Gasteiger partial charge in [0.15, 0.2) is 0 Å². The topological polar surface area (TPSA) is 54.3 Å². The molecule has 5 heteroatoms. The Labute approximate surface area is 137 Å². The van der Waals surface area contributed by atoms with Crippen molar-refractivity contribution < 1.29 is 9.47 Å². The van der Waals surface area contributed by atoms with Crippen LogP contribution in [0.2, 0.25) is 0 Å². The van der Waals surface area contributed by atoms with Gasteiger partial charge in [0.25, 0.3) is 0 Å². The van der Waals surface area contributed by atoms with E-state index >= 15 is 0 Å². The second-order valence-electron chi connectivity index (χ2n) is 4.59. The quantitative estimate of drug-likeness (QED) is 0.888. The molecule has 116 valence electrons. The fourth-order valence-corrected chi connectivity index (χ4v) is 2.06. The predicted molar refractivity (Wildman–Crippen MR) is 88.5 cm³/mol. The Morgan fingerprint density at radius 1 is 1.00 bits per heavy atom. The Bertz CT molecular complexity index is 636. The van der Waals surface area contributed by atoms with Crippen LogP contribution in [0, 0.1) is 11.3 Å². The van der Waals surface area contributed by atoms with Crippen LogP contribution in [-0.4, -0.2) is 14.2 Å². The average Bonchev–Trinajstić information content (AvgIpc) is 2.55. The first-order valence-electron chi connectivity index (χ1n) is 6.67. The number of ether oxygens (including phenoxy) is 2. The summed E-state index contributed by atoms with van der Waals surface area (Å²) in [7, 11) is 3.31. The van der Waals surface area contributed by atoms with Crippen molar-refractivity contribution >= 4 is 12.4 Å². The molecule has 0 fully saturated rings. The summed E-state index contributed by atoms with van der Waals surface area (Å²) >= 11 is 0. The largest absolute Gasteiger partial charge is 0.497 e. The number of halogens is 1. The molecule has 1 N–H and O–H groups in total. The first kappa shape index (κ1) is 17.8. The molecule has 0 spiro atoms. The summed E-state index contributed by atoms with van der Waals surface area (Å²) in [5.74, 6) is 1.65. The molecule has 0 unspecified atom stereocenters. The molecule has 0 aliphatic carbocycles. The lowest BCUT2D eigenvalue weighted by atomic mass is 10.1. The summed E-state index contributed by atoms with van der Waals surface area (Å²) in [6.45, 7) is 1.41. The summed E-state index contributed by atoms with van der Waals surface area (Å²) < 4.78 is 10.6. The van der Waals surface area contributed by atoms with Crippen LogP contribution in [0.5, 0.6) is 11.5 Å². The van der Waals surface area contributed by atoms with Gasteiger partial charge in [-0.1, -0.05) is 12.1 Å². The number of hydrogen-bond donors (Lipinski definition) is 1. The SMILES string of the molecule is COc1ccc(OC)c(CNCc2ccc(C#N)cc2)c1.Cl. The van der Waals surface area contributed by atoms with Crippen molar-refractivity contribution in [3.63, 3.8) is 0 Å². The summed E-state index contributed by atoms with van der Waals surface area (Å²) in [5.41, 5.74) is 2.86. The van der Waals surface area contributed by atoms with E-state index in [0.29, 0.717) is 12.1 Å². The van der Waals surface area contributed by atoms with E-state index in [9.17, 15) is 0 Å². The summed E-state index contributed by atoms with van der Waals surface area (Å²) in [6.07, 6.45) is 0. The molecule has 0 aromatic heterocycles. The van der Waals surface area contributed by atoms with Crippen LogP contribution in [-0.2, 0) is 13.1 Å². The molecule has 0 amide bonds. The monoisotopic (exact) mass is 318 g/mol. The maximum atomic E-state index is 8.77. The highest BCUT2D eigenvalue weighted by Gasteiger charge is 2.04. The van der Waals surface area contributed by atoms with Crippen molar-refractivity contribution in [2.75, 3.05) is 14.2 Å². The molecule has 0 aliphatic heterocycles. The Kier molecular flexibility index (Phi) is 7.24. The smallest absolute Gasteiger partial charge is 0.123 e. The molecule has 4 nitrogen and oxygen atoms in total. The lowest BCUT2D eigenvalue weighted by molar-refractivity contribution is 0.397. The lowest BCUT2D eigenvalue weighted by Gasteiger charge is -2.11. The number of nitrogens with one attached hydrogen (secondary N) is 1. The number of nitrogens with zero attached hydrogens (tertiary/aromatic N) is 1. The van der Waals surface area contributed by atoms with Crippen molar-refractivity contribution in [3.05, 3.63) is 59.2 Å². The van der Waals surface area contributed by atoms with Crippen LogP contribution in [0.4, 0.5) is 0 Å². The van der Waals surface area contributed by atoms with Gasteiger partial charge >= 0.3 is 0 Å². The van der Waals surface area contributed by atoms with Gasteiger partial charge in [-0.2, -0.15) is 5.26 Å². The fourth-order valence-electron chi connectivity index (χ4n) is 2.06. The Balaban J connectivity index is 0.00000242. The second-order valence-corrected chi connectivity index (χ2v) is 4.59. The zero-order valence-electron chi connectivity index (χ0n) is 12.6. The molecule has 0 aliphatic rings. The number of benzene rings is 2. The molecule has 0 bridgehead atoms. The van der Waals surface area contributed by atoms with Crippen LogP contribution in [0.3, 0.4) is 0 Å². The van der Waals surface area contributed by atoms with Gasteiger partial charge in [0.1, 0.15) is 11.5 Å². The van der Waals surface area contributed by atoms with E-state index in [4.69, 9.17) is 14.7 Å². The minimum absolute atomic E-state index is 0. The van der Waals surface area contributed by atoms with Crippen LogP contribution in [0.25, 0.3) is 0 Å². The maximum Gasteiger partial charge on any atom is 0.123 e. The first-order chi connectivity index (χ1) is 10.3. The van der Waals surface area contributed by atoms with E-state index in [-0.39, 0.29) is 12.4 Å². The number of hydrogen-bond acceptors (Lipinski definition) is 4. The Morgan fingerprint density at radius 2 is 1.73 bits per heavy atom. The first-order valence-corrected chi connectivity index (χ1v) is 6.67. The van der Waals surface area contributed by atoms with Crippen LogP contribution < -0.4 is 14.8 Å². The van der Waals surface area contributed by atoms with E-state index in [1.807, 2.05) is 42.5 Å². The number of methoxy groups -OCH3 is 2. The van der Waals surface area contributed by atoms with Crippen molar-refractivity contribution in [2.24, 2.45) is 0 Å². The summed E-state index contributed by atoms with van der Waals surface area (Å²) in [6, 6.07) is 15.4. The van der Waals surface area contributed by atoms with E-state index < -0.39 is 0 Å². The molecule has 0 atom stereocenters. The van der Waals surface area contributed by atoms with Gasteiger partial charge in [-0.3, -0.25) is 0 Å². The van der Waals surface area contributed by atoms with E-state index in [0.717, 1.165) is 29.2 Å². The number of rotatable bonds is 6. The van der Waals surface area contributed by atoms with Gasteiger partial charge in [-0.05, 0) is 35.9 Å². The standard InChI is InChI=1S/C17H18N2O2.ClH/c1-20-16-7-8-17(21-2)15(9-16)12-19-11-14-5-3-13(10-18)4-6-14;/h3-9,19H,11-12H2,1-2H3;1H. The molecule has 0 saturated carbocycles. The minimum Gasteiger partial charge on any atom is -0.497 e. The third kappa shape index (κ3) is 4.66. The molecular weight excluding hydrogens is 300 g/mol. The van der Waals surface area contributed by atoms with Crippen molar-refractivity contribution in [1.82, 2.24) is 5.32 Å². The van der Waals surface area contributed by atoms with Gasteiger partial charge in [0.2, 0.25) is 0 Å². The van der Waals surface area contributed by atoms with Gasteiger partial charge in [0.05, 0.1) is 25.9 Å². The molecular formula is C17H19ClN2O2. The minimum atomic E-state index is 0. The average molecular weight is 319 g/mol. The van der Waals surface area contributed by atoms with Crippen molar-refractivity contribution in [2.45, 2.75) is 13.1 Å². The molecule has 2 rings (SSSR count). The lowest BCUT2D eigenvalue weighted by Crippen LogP contribution is -2.13. The third-order valence-electron chi connectivity index (χ3n) is 3.22. The normalized spacial score (nSPS) is 9.50. The van der Waals surface area contributed by atoms with Gasteiger partial charge in [0, 0.05) is 18.7 Å². The highest BCUT2D eigenvalue weighted by molar-refractivity contribution is 5.85. The molecule has 0 heterocycles. The van der Waals surface area contributed by atoms with Crippen LogP contribution in [0.1, 0.15) is 16.7 Å². The maximum absolute atomic E-state index is 8.77. The number of nitriles is 1. The fraction of sp³-hybridized carbons (Fsp3) is 0.235. The third-order valence-corrected chi connectivity index (χ3v) is 3.22. The summed E-state index contributed by atoms with van der Waals surface area (Å²) in [5, 5.41) is 12.1. The van der Waals surface area contributed by atoms with E-state index in [1.54, 1.807) is 14.2 Å². The van der Waals surface area contributed by atoms with E-state index in [1.165, 1.54) is 0 Å². The zero-order chi connectivity index (χ0) is 15.1. The highest BCUT2D eigenvalue weighted by atomic mass is 35.5. The Morgan fingerprint density at radius 3 is 2.32 bits per heavy atom. The van der Waals surface area contributed by atoms with Crippen LogP contribution in [0.15, 0.2) is 42.5 Å². The zero-order valence-corrected chi connectivity index (χ0v) is 13.4.